The highest BCUT2D eigenvalue weighted by Gasteiger charge is 2.18. The lowest BCUT2D eigenvalue weighted by Gasteiger charge is -2.09. The minimum absolute atomic E-state index is 0.0140. The molecule has 1 aromatic heterocycles. The van der Waals surface area contributed by atoms with Gasteiger partial charge < -0.3 is 0 Å². The molecule has 0 fully saturated rings. The van der Waals surface area contributed by atoms with E-state index in [1.54, 1.807) is 34.9 Å². The number of thiazole rings is 1. The predicted molar refractivity (Wildman–Crippen MR) is 127 cm³/mol. The van der Waals surface area contributed by atoms with Crippen molar-refractivity contribution in [2.24, 2.45) is 0 Å². The summed E-state index contributed by atoms with van der Waals surface area (Å²) in [4.78, 5) is 12.4. The van der Waals surface area contributed by atoms with E-state index in [-0.39, 0.29) is 16.3 Å². The Labute approximate surface area is 197 Å². The summed E-state index contributed by atoms with van der Waals surface area (Å²) < 4.78 is 30.2. The van der Waals surface area contributed by atoms with E-state index in [1.807, 2.05) is 18.2 Å². The van der Waals surface area contributed by atoms with Gasteiger partial charge in [0.25, 0.3) is 0 Å². The average Bonchev–Trinajstić information content (AvgIpc) is 3.03. The van der Waals surface area contributed by atoms with Crippen molar-refractivity contribution < 1.29 is 8.42 Å². The van der Waals surface area contributed by atoms with Crippen LogP contribution in [0.4, 0.5) is 0 Å². The van der Waals surface area contributed by atoms with E-state index in [4.69, 9.17) is 34.8 Å². The Bertz CT molecular complexity index is 1450. The van der Waals surface area contributed by atoms with Crippen LogP contribution in [0.25, 0.3) is 10.2 Å². The lowest BCUT2D eigenvalue weighted by molar-refractivity contribution is 0.581. The highest BCUT2D eigenvalue weighted by atomic mass is 35.5. The topological polar surface area (TPSA) is 68.2 Å². The molecule has 3 aromatic carbocycles. The van der Waals surface area contributed by atoms with E-state index < -0.39 is 10.0 Å². The number of hydrogen-bond donors (Lipinski definition) is 1. The van der Waals surface area contributed by atoms with Crippen LogP contribution in [0, 0.1) is 0 Å². The van der Waals surface area contributed by atoms with Crippen LogP contribution < -0.4 is 9.60 Å². The van der Waals surface area contributed by atoms with Gasteiger partial charge in [-0.05, 0) is 47.5 Å². The van der Waals surface area contributed by atoms with Gasteiger partial charge in [-0.3, -0.25) is 9.36 Å². The third-order valence-electron chi connectivity index (χ3n) is 4.70. The van der Waals surface area contributed by atoms with Crippen molar-refractivity contribution in [3.05, 3.63) is 96.5 Å². The first-order valence-electron chi connectivity index (χ1n) is 9.05. The number of halogens is 3. The van der Waals surface area contributed by atoms with Gasteiger partial charge in [0.1, 0.15) is 0 Å². The molecule has 4 rings (SSSR count). The van der Waals surface area contributed by atoms with E-state index in [2.05, 4.69) is 4.72 Å². The predicted octanol–water partition coefficient (Wildman–Crippen LogP) is 5.55. The van der Waals surface area contributed by atoms with Gasteiger partial charge in [-0.25, -0.2) is 13.1 Å². The third-order valence-corrected chi connectivity index (χ3v) is 8.00. The molecule has 0 saturated carbocycles. The Kier molecular flexibility index (Phi) is 6.44. The van der Waals surface area contributed by atoms with Crippen LogP contribution in [-0.2, 0) is 23.1 Å². The van der Waals surface area contributed by atoms with E-state index in [1.165, 1.54) is 12.1 Å². The first-order chi connectivity index (χ1) is 14.7. The second-order valence-corrected chi connectivity index (χ2v) is 10.7. The molecular formula is C21H15Cl3N2O3S2. The van der Waals surface area contributed by atoms with Crippen molar-refractivity contribution in [3.8, 4) is 0 Å². The number of hydrogen-bond acceptors (Lipinski definition) is 4. The molecule has 10 heteroatoms. The van der Waals surface area contributed by atoms with Gasteiger partial charge in [-0.15, -0.1) is 0 Å². The molecule has 0 unspecified atom stereocenters. The maximum atomic E-state index is 12.8. The van der Waals surface area contributed by atoms with Gasteiger partial charge in [0.2, 0.25) is 10.0 Å². The molecule has 0 bridgehead atoms. The van der Waals surface area contributed by atoms with E-state index in [9.17, 15) is 13.2 Å². The SMILES string of the molecule is O=c1sc2cc(S(=O)(=O)NCc3ccc(Cl)cc3Cl)ccc2n1Cc1ccccc1Cl. The van der Waals surface area contributed by atoms with Crippen molar-refractivity contribution >= 4 is 66.4 Å². The fourth-order valence-electron chi connectivity index (χ4n) is 3.08. The normalized spacial score (nSPS) is 11.8. The zero-order valence-corrected chi connectivity index (χ0v) is 19.7. The second kappa shape index (κ2) is 8.94. The first-order valence-corrected chi connectivity index (χ1v) is 12.5. The molecule has 0 aliphatic carbocycles. The summed E-state index contributed by atoms with van der Waals surface area (Å²) in [6.45, 7) is 0.318. The van der Waals surface area contributed by atoms with E-state index in [0.717, 1.165) is 16.9 Å². The maximum absolute atomic E-state index is 12.8. The summed E-state index contributed by atoms with van der Waals surface area (Å²) in [6, 6.07) is 16.7. The van der Waals surface area contributed by atoms with Crippen LogP contribution in [-0.4, -0.2) is 13.0 Å². The average molecular weight is 514 g/mol. The fraction of sp³-hybridized carbons (Fsp3) is 0.0952. The highest BCUT2D eigenvalue weighted by Crippen LogP contribution is 2.25. The van der Waals surface area contributed by atoms with Crippen LogP contribution in [0.1, 0.15) is 11.1 Å². The Morgan fingerprint density at radius 1 is 0.903 bits per heavy atom. The lowest BCUT2D eigenvalue weighted by Crippen LogP contribution is -2.23. The molecular weight excluding hydrogens is 499 g/mol. The number of rotatable bonds is 6. The van der Waals surface area contributed by atoms with Crippen LogP contribution in [0.2, 0.25) is 15.1 Å². The quantitative estimate of drug-likeness (QED) is 0.367. The summed E-state index contributed by atoms with van der Waals surface area (Å²) in [5, 5.41) is 1.41. The van der Waals surface area contributed by atoms with Crippen molar-refractivity contribution in [3.63, 3.8) is 0 Å². The number of aromatic nitrogens is 1. The number of nitrogens with zero attached hydrogens (tertiary/aromatic N) is 1. The molecule has 0 saturated heterocycles. The zero-order valence-electron chi connectivity index (χ0n) is 15.8. The Morgan fingerprint density at radius 3 is 2.42 bits per heavy atom. The summed E-state index contributed by atoms with van der Waals surface area (Å²) in [6.07, 6.45) is 0. The molecule has 0 atom stereocenters. The molecule has 5 nitrogen and oxygen atoms in total. The Hall–Kier alpha value is -1.87. The number of sulfonamides is 1. The highest BCUT2D eigenvalue weighted by molar-refractivity contribution is 7.89. The summed E-state index contributed by atoms with van der Waals surface area (Å²) >= 11 is 19.2. The molecule has 0 aliphatic rings. The molecule has 160 valence electrons. The van der Waals surface area contributed by atoms with Crippen LogP contribution in [0.5, 0.6) is 0 Å². The summed E-state index contributed by atoms with van der Waals surface area (Å²) in [5.41, 5.74) is 2.06. The smallest absolute Gasteiger partial charge is 0.294 e. The first kappa shape index (κ1) is 22.3. The zero-order chi connectivity index (χ0) is 22.2. The largest absolute Gasteiger partial charge is 0.308 e. The minimum Gasteiger partial charge on any atom is -0.294 e. The van der Waals surface area contributed by atoms with Crippen LogP contribution >= 0.6 is 46.1 Å². The van der Waals surface area contributed by atoms with Gasteiger partial charge in [-0.2, -0.15) is 0 Å². The van der Waals surface area contributed by atoms with Crippen molar-refractivity contribution in [2.75, 3.05) is 0 Å². The fourth-order valence-corrected chi connectivity index (χ4v) is 5.79. The monoisotopic (exact) mass is 512 g/mol. The molecule has 0 aliphatic heterocycles. The second-order valence-electron chi connectivity index (χ2n) is 6.74. The molecule has 31 heavy (non-hydrogen) atoms. The number of benzene rings is 3. The Balaban J connectivity index is 1.61. The third kappa shape index (κ3) is 4.82. The van der Waals surface area contributed by atoms with Gasteiger partial charge in [-0.1, -0.05) is 70.4 Å². The van der Waals surface area contributed by atoms with Crippen LogP contribution in [0.15, 0.2) is 70.4 Å². The van der Waals surface area contributed by atoms with E-state index in [0.29, 0.717) is 37.4 Å². The van der Waals surface area contributed by atoms with Gasteiger partial charge in [0.15, 0.2) is 0 Å². The molecule has 0 spiro atoms. The molecule has 4 aromatic rings. The van der Waals surface area contributed by atoms with Crippen molar-refractivity contribution in [1.82, 2.24) is 9.29 Å². The summed E-state index contributed by atoms with van der Waals surface area (Å²) in [7, 11) is -3.81. The van der Waals surface area contributed by atoms with Gasteiger partial charge >= 0.3 is 4.87 Å². The minimum atomic E-state index is -3.81. The van der Waals surface area contributed by atoms with Crippen LogP contribution in [0.3, 0.4) is 0 Å². The Morgan fingerprint density at radius 2 is 1.68 bits per heavy atom. The number of nitrogens with one attached hydrogen (secondary N) is 1. The number of fused-ring (bicyclic) bond motifs is 1. The lowest BCUT2D eigenvalue weighted by atomic mass is 10.2. The van der Waals surface area contributed by atoms with Gasteiger partial charge in [0, 0.05) is 21.6 Å². The standard InChI is InChI=1S/C21H15Cl3N2O3S2/c22-15-6-5-13(18(24)9-15)11-25-31(28,29)16-7-8-19-20(10-16)30-21(27)26(19)12-14-3-1-2-4-17(14)23/h1-10,25H,11-12H2. The maximum Gasteiger partial charge on any atom is 0.308 e. The van der Waals surface area contributed by atoms with Crippen molar-refractivity contribution in [2.45, 2.75) is 18.0 Å². The molecule has 1 N–H and O–H groups in total. The van der Waals surface area contributed by atoms with Crippen molar-refractivity contribution in [1.29, 1.82) is 0 Å². The molecule has 0 radical (unpaired) electrons. The summed E-state index contributed by atoms with van der Waals surface area (Å²) in [5.74, 6) is 0. The molecule has 1 heterocycles. The van der Waals surface area contributed by atoms with Gasteiger partial charge in [0.05, 0.1) is 21.7 Å². The van der Waals surface area contributed by atoms with E-state index >= 15 is 0 Å². The molecule has 0 amide bonds.